The van der Waals surface area contributed by atoms with E-state index in [1.54, 1.807) is 12.1 Å². The van der Waals surface area contributed by atoms with Crippen LogP contribution in [0.3, 0.4) is 0 Å². The number of sulfonamides is 1. The number of hydrogen-bond acceptors (Lipinski definition) is 5. The van der Waals surface area contributed by atoms with Gasteiger partial charge in [-0.05, 0) is 110 Å². The Labute approximate surface area is 199 Å². The first-order chi connectivity index (χ1) is 16.4. The second kappa shape index (κ2) is 8.12. The first kappa shape index (κ1) is 21.6. The van der Waals surface area contributed by atoms with Gasteiger partial charge in [-0.1, -0.05) is 17.3 Å². The van der Waals surface area contributed by atoms with Crippen LogP contribution in [0.25, 0.3) is 0 Å². The summed E-state index contributed by atoms with van der Waals surface area (Å²) in [6.45, 7) is 0. The molecule has 5 aliphatic carbocycles. The molecule has 7 rings (SSSR count). The first-order valence-corrected chi connectivity index (χ1v) is 13.8. The standard InChI is InChI=1S/C26H29N3O4S/c30-26(27-25-21-5-1-3-17(21)13-18-4-2-6-22(18)25)29-34(32,33)19-11-12-20-15-7-9-16(10-8-15)24(28-31)23(20)14-19/h11-16,31H,1-10H2,(H2,27,29,30)/b28-24-. The fraction of sp³-hybridized carbons (Fsp3) is 0.462. The Morgan fingerprint density at radius 3 is 2.21 bits per heavy atom. The SMILES string of the molecule is O=C(Nc1c2c(cc3c1CCC3)CCC2)NS(=O)(=O)c1ccc2c(c1)/C(=N\O)C1CCC2CC1. The molecular weight excluding hydrogens is 450 g/mol. The molecule has 0 unspecified atom stereocenters. The van der Waals surface area contributed by atoms with Crippen molar-refractivity contribution in [3.63, 3.8) is 0 Å². The maximum Gasteiger partial charge on any atom is 0.333 e. The molecule has 0 saturated heterocycles. The Morgan fingerprint density at radius 1 is 0.912 bits per heavy atom. The summed E-state index contributed by atoms with van der Waals surface area (Å²) in [7, 11) is -4.10. The van der Waals surface area contributed by atoms with E-state index in [9.17, 15) is 18.4 Å². The molecule has 0 aromatic heterocycles. The summed E-state index contributed by atoms with van der Waals surface area (Å²) in [5, 5.41) is 16.1. The van der Waals surface area contributed by atoms with Crippen molar-refractivity contribution in [1.82, 2.24) is 4.72 Å². The summed E-state index contributed by atoms with van der Waals surface area (Å²) in [5.74, 6) is 0.486. The van der Waals surface area contributed by atoms with Crippen molar-refractivity contribution in [2.45, 2.75) is 75.0 Å². The van der Waals surface area contributed by atoms with Crippen molar-refractivity contribution in [1.29, 1.82) is 0 Å². The highest BCUT2D eigenvalue weighted by Gasteiger charge is 2.35. The van der Waals surface area contributed by atoms with E-state index in [1.807, 2.05) is 6.07 Å². The minimum atomic E-state index is -4.10. The van der Waals surface area contributed by atoms with Crippen LogP contribution in [0.2, 0.25) is 0 Å². The van der Waals surface area contributed by atoms with Gasteiger partial charge in [0, 0.05) is 17.2 Å². The number of nitrogens with one attached hydrogen (secondary N) is 2. The van der Waals surface area contributed by atoms with Crippen molar-refractivity contribution >= 4 is 27.5 Å². The van der Waals surface area contributed by atoms with Crippen molar-refractivity contribution < 1.29 is 18.4 Å². The molecule has 0 radical (unpaired) electrons. The third-order valence-corrected chi connectivity index (χ3v) is 9.54. The summed E-state index contributed by atoms with van der Waals surface area (Å²) in [5.41, 5.74) is 7.94. The minimum Gasteiger partial charge on any atom is -0.411 e. The fourth-order valence-corrected chi connectivity index (χ4v) is 7.53. The fourth-order valence-electron chi connectivity index (χ4n) is 6.60. The summed E-state index contributed by atoms with van der Waals surface area (Å²) in [6, 6.07) is 6.48. The number of oxime groups is 1. The minimum absolute atomic E-state index is 0.00682. The molecule has 3 N–H and O–H groups in total. The Hall–Kier alpha value is -2.87. The quantitative estimate of drug-likeness (QED) is 0.440. The normalized spacial score (nSPS) is 23.8. The lowest BCUT2D eigenvalue weighted by Gasteiger charge is -2.22. The van der Waals surface area contributed by atoms with Gasteiger partial charge in [0.15, 0.2) is 0 Å². The van der Waals surface area contributed by atoms with Crippen LogP contribution in [-0.4, -0.2) is 25.4 Å². The Bertz CT molecular complexity index is 1290. The first-order valence-electron chi connectivity index (χ1n) is 12.3. The number of rotatable bonds is 3. The van der Waals surface area contributed by atoms with Gasteiger partial charge in [0.1, 0.15) is 0 Å². The molecular formula is C26H29N3O4S. The van der Waals surface area contributed by atoms with Gasteiger partial charge >= 0.3 is 6.03 Å². The Morgan fingerprint density at radius 2 is 1.56 bits per heavy atom. The molecule has 2 bridgehead atoms. The zero-order chi connectivity index (χ0) is 23.4. The number of amides is 2. The van der Waals surface area contributed by atoms with Crippen LogP contribution in [0.1, 0.15) is 77.8 Å². The van der Waals surface area contributed by atoms with E-state index < -0.39 is 16.1 Å². The number of anilines is 1. The van der Waals surface area contributed by atoms with E-state index in [0.29, 0.717) is 17.2 Å². The highest BCUT2D eigenvalue weighted by Crippen LogP contribution is 2.44. The number of hydrogen-bond donors (Lipinski definition) is 3. The van der Waals surface area contributed by atoms with E-state index in [1.165, 1.54) is 11.1 Å². The molecule has 0 atom stereocenters. The maximum absolute atomic E-state index is 13.2. The number of carbonyl (C=O) groups is 1. The molecule has 2 aromatic rings. The second-order valence-electron chi connectivity index (χ2n) is 10.1. The summed E-state index contributed by atoms with van der Waals surface area (Å²) < 4.78 is 28.6. The van der Waals surface area contributed by atoms with Crippen molar-refractivity contribution in [2.75, 3.05) is 5.32 Å². The molecule has 5 aliphatic rings. The topological polar surface area (TPSA) is 108 Å². The van der Waals surface area contributed by atoms with E-state index in [0.717, 1.165) is 86.6 Å². The largest absolute Gasteiger partial charge is 0.411 e. The molecule has 2 aromatic carbocycles. The third-order valence-electron chi connectivity index (χ3n) is 8.21. The molecule has 178 valence electrons. The number of benzene rings is 2. The number of aryl methyl sites for hydroxylation is 2. The van der Waals surface area contributed by atoms with Crippen LogP contribution >= 0.6 is 0 Å². The summed E-state index contributed by atoms with van der Waals surface area (Å²) >= 11 is 0. The molecule has 7 nitrogen and oxygen atoms in total. The zero-order valence-electron chi connectivity index (χ0n) is 19.1. The van der Waals surface area contributed by atoms with Gasteiger partial charge in [0.05, 0.1) is 10.6 Å². The predicted molar refractivity (Wildman–Crippen MR) is 129 cm³/mol. The van der Waals surface area contributed by atoms with Crippen LogP contribution in [-0.2, 0) is 35.7 Å². The number of fused-ring (bicyclic) bond motifs is 4. The molecule has 2 amide bonds. The van der Waals surface area contributed by atoms with E-state index in [2.05, 4.69) is 21.3 Å². The van der Waals surface area contributed by atoms with Crippen LogP contribution in [0.5, 0.6) is 0 Å². The van der Waals surface area contributed by atoms with Crippen molar-refractivity contribution in [2.24, 2.45) is 11.1 Å². The van der Waals surface area contributed by atoms with Gasteiger partial charge in [0.25, 0.3) is 10.0 Å². The Balaban J connectivity index is 1.29. The summed E-state index contributed by atoms with van der Waals surface area (Å²) in [6.07, 6.45) is 9.82. The molecule has 0 heterocycles. The lowest BCUT2D eigenvalue weighted by atomic mass is 9.82. The molecule has 1 saturated carbocycles. The van der Waals surface area contributed by atoms with Crippen LogP contribution in [0.15, 0.2) is 34.3 Å². The smallest absolute Gasteiger partial charge is 0.333 e. The van der Waals surface area contributed by atoms with E-state index in [-0.39, 0.29) is 10.8 Å². The van der Waals surface area contributed by atoms with Crippen LogP contribution in [0.4, 0.5) is 10.5 Å². The number of carbonyl (C=O) groups excluding carboxylic acids is 1. The van der Waals surface area contributed by atoms with Crippen LogP contribution < -0.4 is 10.0 Å². The molecule has 8 heteroatoms. The van der Waals surface area contributed by atoms with Gasteiger partial charge < -0.3 is 10.5 Å². The van der Waals surface area contributed by atoms with Gasteiger partial charge in [-0.3, -0.25) is 0 Å². The van der Waals surface area contributed by atoms with Gasteiger partial charge in [-0.15, -0.1) is 0 Å². The third kappa shape index (κ3) is 3.50. The average molecular weight is 480 g/mol. The highest BCUT2D eigenvalue weighted by atomic mass is 32.2. The molecule has 0 aliphatic heterocycles. The average Bonchev–Trinajstić information content (AvgIpc) is 3.43. The van der Waals surface area contributed by atoms with E-state index >= 15 is 0 Å². The maximum atomic E-state index is 13.2. The van der Waals surface area contributed by atoms with Crippen LogP contribution in [0, 0.1) is 5.92 Å². The molecule has 34 heavy (non-hydrogen) atoms. The monoisotopic (exact) mass is 479 g/mol. The van der Waals surface area contributed by atoms with Gasteiger partial charge in [0.2, 0.25) is 0 Å². The summed E-state index contributed by atoms with van der Waals surface area (Å²) in [4.78, 5) is 12.9. The number of nitrogens with zero attached hydrogens (tertiary/aromatic N) is 1. The zero-order valence-corrected chi connectivity index (χ0v) is 19.9. The Kier molecular flexibility index (Phi) is 5.17. The van der Waals surface area contributed by atoms with Crippen molar-refractivity contribution in [3.8, 4) is 0 Å². The molecule has 1 fully saturated rings. The van der Waals surface area contributed by atoms with Gasteiger partial charge in [-0.25, -0.2) is 17.9 Å². The second-order valence-corrected chi connectivity index (χ2v) is 11.8. The van der Waals surface area contributed by atoms with E-state index in [4.69, 9.17) is 0 Å². The highest BCUT2D eigenvalue weighted by molar-refractivity contribution is 7.90. The lowest BCUT2D eigenvalue weighted by molar-refractivity contribution is 0.256. The lowest BCUT2D eigenvalue weighted by Crippen LogP contribution is -2.35. The predicted octanol–water partition coefficient (Wildman–Crippen LogP) is 4.64. The van der Waals surface area contributed by atoms with Crippen molar-refractivity contribution in [3.05, 3.63) is 57.6 Å². The number of urea groups is 1. The molecule has 0 spiro atoms. The van der Waals surface area contributed by atoms with Gasteiger partial charge in [-0.2, -0.15) is 0 Å².